The summed E-state index contributed by atoms with van der Waals surface area (Å²) in [6, 6.07) is 20.1. The number of aliphatic hydroxyl groups is 1. The molecule has 0 fully saturated rings. The van der Waals surface area contributed by atoms with Crippen LogP contribution in [0.3, 0.4) is 0 Å². The van der Waals surface area contributed by atoms with Crippen molar-refractivity contribution in [3.63, 3.8) is 0 Å². The van der Waals surface area contributed by atoms with Crippen LogP contribution in [-0.4, -0.2) is 29.7 Å². The minimum absolute atomic E-state index is 0.0981. The second-order valence-corrected chi connectivity index (χ2v) is 8.91. The third kappa shape index (κ3) is 8.04. The second kappa shape index (κ2) is 12.4. The molecule has 0 unspecified atom stereocenters. The van der Waals surface area contributed by atoms with Gasteiger partial charge < -0.3 is 15.7 Å². The van der Waals surface area contributed by atoms with Crippen LogP contribution < -0.4 is 10.6 Å². The van der Waals surface area contributed by atoms with Gasteiger partial charge in [-0.05, 0) is 46.7 Å². The fraction of sp³-hybridized carbons (Fsp3) is 0.321. The lowest BCUT2D eigenvalue weighted by atomic mass is 9.99. The van der Waals surface area contributed by atoms with Crippen LogP contribution in [0.1, 0.15) is 42.0 Å². The van der Waals surface area contributed by atoms with Crippen LogP contribution in [0.2, 0.25) is 0 Å². The van der Waals surface area contributed by atoms with E-state index in [0.29, 0.717) is 18.0 Å². The predicted octanol–water partition coefficient (Wildman–Crippen LogP) is 4.51. The molecule has 34 heavy (non-hydrogen) atoms. The summed E-state index contributed by atoms with van der Waals surface area (Å²) in [5.74, 6) is -1.25. The number of halogens is 2. The van der Waals surface area contributed by atoms with Crippen molar-refractivity contribution >= 4 is 5.91 Å². The van der Waals surface area contributed by atoms with Crippen molar-refractivity contribution in [3.8, 4) is 0 Å². The summed E-state index contributed by atoms with van der Waals surface area (Å²) < 4.78 is 27.4. The lowest BCUT2D eigenvalue weighted by Gasteiger charge is -2.25. The lowest BCUT2D eigenvalue weighted by Crippen LogP contribution is -2.49. The van der Waals surface area contributed by atoms with Crippen LogP contribution >= 0.6 is 0 Å². The fourth-order valence-corrected chi connectivity index (χ4v) is 3.83. The SMILES string of the molecule is CC(C)c1ccc(CC(=O)N[C@H](Cc2cc(F)cc(F)c2)[C@H](O)CNCc2ccccc2)cc1. The van der Waals surface area contributed by atoms with Crippen LogP contribution in [0.4, 0.5) is 8.78 Å². The molecule has 0 radical (unpaired) electrons. The van der Waals surface area contributed by atoms with Crippen LogP contribution in [0.15, 0.2) is 72.8 Å². The van der Waals surface area contributed by atoms with Gasteiger partial charge in [-0.1, -0.05) is 68.4 Å². The monoisotopic (exact) mass is 466 g/mol. The predicted molar refractivity (Wildman–Crippen MR) is 130 cm³/mol. The summed E-state index contributed by atoms with van der Waals surface area (Å²) >= 11 is 0. The number of amides is 1. The van der Waals surface area contributed by atoms with Gasteiger partial charge in [-0.25, -0.2) is 8.78 Å². The number of hydrogen-bond acceptors (Lipinski definition) is 3. The van der Waals surface area contributed by atoms with Gasteiger partial charge in [0.1, 0.15) is 11.6 Å². The molecule has 0 aliphatic heterocycles. The molecule has 0 saturated carbocycles. The summed E-state index contributed by atoms with van der Waals surface area (Å²) in [7, 11) is 0. The quantitative estimate of drug-likeness (QED) is 0.390. The smallest absolute Gasteiger partial charge is 0.224 e. The summed E-state index contributed by atoms with van der Waals surface area (Å²) in [5.41, 5.74) is 3.47. The summed E-state index contributed by atoms with van der Waals surface area (Å²) in [4.78, 5) is 12.8. The Morgan fingerprint density at radius 1 is 0.882 bits per heavy atom. The fourth-order valence-electron chi connectivity index (χ4n) is 3.83. The molecule has 0 aliphatic carbocycles. The van der Waals surface area contributed by atoms with E-state index < -0.39 is 23.8 Å². The van der Waals surface area contributed by atoms with Crippen LogP contribution in [0.5, 0.6) is 0 Å². The average Bonchev–Trinajstić information content (AvgIpc) is 2.79. The molecule has 2 atom stereocenters. The molecule has 6 heteroatoms. The first-order chi connectivity index (χ1) is 16.3. The van der Waals surface area contributed by atoms with E-state index in [-0.39, 0.29) is 25.3 Å². The minimum atomic E-state index is -0.956. The van der Waals surface area contributed by atoms with Crippen molar-refractivity contribution < 1.29 is 18.7 Å². The first-order valence-corrected chi connectivity index (χ1v) is 11.6. The van der Waals surface area contributed by atoms with E-state index in [1.165, 1.54) is 17.7 Å². The van der Waals surface area contributed by atoms with E-state index in [4.69, 9.17) is 0 Å². The summed E-state index contributed by atoms with van der Waals surface area (Å²) in [5, 5.41) is 16.9. The Kier molecular flexibility index (Phi) is 9.31. The summed E-state index contributed by atoms with van der Waals surface area (Å²) in [6.45, 7) is 4.97. The molecule has 0 aliphatic rings. The van der Waals surface area contributed by atoms with E-state index in [2.05, 4.69) is 24.5 Å². The highest BCUT2D eigenvalue weighted by molar-refractivity contribution is 5.79. The van der Waals surface area contributed by atoms with Gasteiger partial charge in [-0.15, -0.1) is 0 Å². The van der Waals surface area contributed by atoms with Gasteiger partial charge in [0.05, 0.1) is 18.6 Å². The highest BCUT2D eigenvalue weighted by atomic mass is 19.1. The third-order valence-electron chi connectivity index (χ3n) is 5.73. The average molecular weight is 467 g/mol. The van der Waals surface area contributed by atoms with Crippen LogP contribution in [0.25, 0.3) is 0 Å². The third-order valence-corrected chi connectivity index (χ3v) is 5.73. The molecule has 3 rings (SSSR count). The van der Waals surface area contributed by atoms with E-state index in [0.717, 1.165) is 17.2 Å². The lowest BCUT2D eigenvalue weighted by molar-refractivity contribution is -0.122. The topological polar surface area (TPSA) is 61.4 Å². The molecule has 1 amide bonds. The van der Waals surface area contributed by atoms with Crippen molar-refractivity contribution in [2.24, 2.45) is 0 Å². The Morgan fingerprint density at radius 2 is 1.53 bits per heavy atom. The number of carbonyl (C=O) groups excluding carboxylic acids is 1. The number of rotatable bonds is 11. The molecule has 3 aromatic carbocycles. The molecule has 180 valence electrons. The summed E-state index contributed by atoms with van der Waals surface area (Å²) in [6.07, 6.45) is -0.709. The maximum atomic E-state index is 13.7. The Balaban J connectivity index is 1.66. The number of aliphatic hydroxyl groups excluding tert-OH is 1. The standard InChI is InChI=1S/C28H32F2N2O2/c1-19(2)23-10-8-20(9-11-23)15-28(34)32-26(14-22-12-24(29)16-25(30)13-22)27(33)18-31-17-21-6-4-3-5-7-21/h3-13,16,19,26-27,31,33H,14-15,17-18H2,1-2H3,(H,32,34)/t26-,27-/m1/s1. The van der Waals surface area contributed by atoms with E-state index in [1.807, 2.05) is 54.6 Å². The van der Waals surface area contributed by atoms with Crippen molar-refractivity contribution in [2.45, 2.75) is 51.3 Å². The van der Waals surface area contributed by atoms with Gasteiger partial charge in [0, 0.05) is 19.2 Å². The molecule has 3 aromatic rings. The maximum Gasteiger partial charge on any atom is 0.224 e. The second-order valence-electron chi connectivity index (χ2n) is 8.91. The van der Waals surface area contributed by atoms with E-state index >= 15 is 0 Å². The Hall–Kier alpha value is -3.09. The van der Waals surface area contributed by atoms with Crippen LogP contribution in [0, 0.1) is 11.6 Å². The molecular formula is C28H32F2N2O2. The first-order valence-electron chi connectivity index (χ1n) is 11.6. The maximum absolute atomic E-state index is 13.7. The zero-order chi connectivity index (χ0) is 24.5. The zero-order valence-corrected chi connectivity index (χ0v) is 19.6. The van der Waals surface area contributed by atoms with Gasteiger partial charge in [-0.3, -0.25) is 4.79 Å². The molecule has 0 bridgehead atoms. The minimum Gasteiger partial charge on any atom is -0.390 e. The van der Waals surface area contributed by atoms with Gasteiger partial charge in [0.2, 0.25) is 5.91 Å². The van der Waals surface area contributed by atoms with Crippen molar-refractivity contribution in [2.75, 3.05) is 6.54 Å². The highest BCUT2D eigenvalue weighted by Gasteiger charge is 2.22. The highest BCUT2D eigenvalue weighted by Crippen LogP contribution is 2.16. The van der Waals surface area contributed by atoms with Gasteiger partial charge in [-0.2, -0.15) is 0 Å². The number of hydrogen-bond donors (Lipinski definition) is 3. The van der Waals surface area contributed by atoms with E-state index in [9.17, 15) is 18.7 Å². The van der Waals surface area contributed by atoms with Gasteiger partial charge in [0.15, 0.2) is 0 Å². The molecule has 0 aromatic heterocycles. The van der Waals surface area contributed by atoms with Crippen molar-refractivity contribution in [1.82, 2.24) is 10.6 Å². The normalized spacial score (nSPS) is 13.0. The van der Waals surface area contributed by atoms with E-state index in [1.54, 1.807) is 0 Å². The Bertz CT molecular complexity index is 1040. The van der Waals surface area contributed by atoms with Crippen molar-refractivity contribution in [3.05, 3.63) is 107 Å². The first kappa shape index (κ1) is 25.5. The number of carbonyl (C=O) groups is 1. The molecule has 3 N–H and O–H groups in total. The number of nitrogens with one attached hydrogen (secondary N) is 2. The molecule has 4 nitrogen and oxygen atoms in total. The Labute approximate surface area is 200 Å². The molecule has 0 spiro atoms. The Morgan fingerprint density at radius 3 is 2.15 bits per heavy atom. The molecular weight excluding hydrogens is 434 g/mol. The van der Waals surface area contributed by atoms with Gasteiger partial charge in [0.25, 0.3) is 0 Å². The number of benzene rings is 3. The zero-order valence-electron chi connectivity index (χ0n) is 19.6. The van der Waals surface area contributed by atoms with Gasteiger partial charge >= 0.3 is 0 Å². The van der Waals surface area contributed by atoms with Crippen LogP contribution in [-0.2, 0) is 24.2 Å². The molecule has 0 saturated heterocycles. The van der Waals surface area contributed by atoms with Crippen molar-refractivity contribution in [1.29, 1.82) is 0 Å². The molecule has 0 heterocycles. The largest absolute Gasteiger partial charge is 0.390 e.